The van der Waals surface area contributed by atoms with Gasteiger partial charge in [-0.3, -0.25) is 9.59 Å². The van der Waals surface area contributed by atoms with Gasteiger partial charge in [0.2, 0.25) is 0 Å². The van der Waals surface area contributed by atoms with Crippen LogP contribution in [0.1, 0.15) is 36.8 Å². The SMILES string of the molecule is COc1ccc(CNC(=O)C(C)OC(=O)c2nn(CC(C)C)c(=O)c3ccccc23)cc1OC. The van der Waals surface area contributed by atoms with Crippen molar-refractivity contribution in [1.82, 2.24) is 15.1 Å². The lowest BCUT2D eigenvalue weighted by molar-refractivity contribution is -0.129. The summed E-state index contributed by atoms with van der Waals surface area (Å²) in [5.41, 5.74) is 0.509. The average Bonchev–Trinajstić information content (AvgIpc) is 2.83. The molecule has 0 radical (unpaired) electrons. The number of amides is 1. The summed E-state index contributed by atoms with van der Waals surface area (Å²) >= 11 is 0. The molecule has 0 spiro atoms. The molecule has 9 heteroatoms. The Morgan fingerprint density at radius 3 is 2.32 bits per heavy atom. The van der Waals surface area contributed by atoms with Gasteiger partial charge in [-0.2, -0.15) is 5.10 Å². The zero-order valence-electron chi connectivity index (χ0n) is 20.0. The molecule has 3 aromatic rings. The van der Waals surface area contributed by atoms with Crippen LogP contribution in [0, 0.1) is 5.92 Å². The van der Waals surface area contributed by atoms with E-state index in [1.165, 1.54) is 18.7 Å². The Morgan fingerprint density at radius 2 is 1.68 bits per heavy atom. The third-order valence-electron chi connectivity index (χ3n) is 5.17. The minimum Gasteiger partial charge on any atom is -0.493 e. The molecule has 1 amide bonds. The van der Waals surface area contributed by atoms with Gasteiger partial charge in [-0.25, -0.2) is 9.48 Å². The van der Waals surface area contributed by atoms with Gasteiger partial charge < -0.3 is 19.5 Å². The third-order valence-corrected chi connectivity index (χ3v) is 5.17. The molecular weight excluding hydrogens is 438 g/mol. The van der Waals surface area contributed by atoms with Crippen molar-refractivity contribution in [3.8, 4) is 11.5 Å². The Labute approximate surface area is 197 Å². The Bertz CT molecular complexity index is 1250. The normalized spacial score (nSPS) is 11.8. The van der Waals surface area contributed by atoms with E-state index >= 15 is 0 Å². The Balaban J connectivity index is 1.74. The topological polar surface area (TPSA) is 109 Å². The maximum Gasteiger partial charge on any atom is 0.360 e. The van der Waals surface area contributed by atoms with E-state index in [0.29, 0.717) is 28.8 Å². The van der Waals surface area contributed by atoms with Crippen LogP contribution in [-0.4, -0.2) is 42.0 Å². The average molecular weight is 468 g/mol. The first-order valence-electron chi connectivity index (χ1n) is 10.9. The molecule has 1 atom stereocenters. The second-order valence-corrected chi connectivity index (χ2v) is 8.23. The number of hydrogen-bond acceptors (Lipinski definition) is 7. The molecule has 0 saturated heterocycles. The van der Waals surface area contributed by atoms with Gasteiger partial charge in [0.15, 0.2) is 23.3 Å². The number of methoxy groups -OCH3 is 2. The number of benzene rings is 2. The first kappa shape index (κ1) is 24.8. The summed E-state index contributed by atoms with van der Waals surface area (Å²) in [5.74, 6) is 0.0310. The van der Waals surface area contributed by atoms with Gasteiger partial charge in [0.25, 0.3) is 11.5 Å². The van der Waals surface area contributed by atoms with Crippen molar-refractivity contribution >= 4 is 22.6 Å². The highest BCUT2D eigenvalue weighted by Gasteiger charge is 2.23. The number of carbonyl (C=O) groups excluding carboxylic acids is 2. The van der Waals surface area contributed by atoms with Crippen LogP contribution in [0.15, 0.2) is 47.3 Å². The minimum atomic E-state index is -1.07. The smallest absolute Gasteiger partial charge is 0.360 e. The van der Waals surface area contributed by atoms with E-state index in [1.54, 1.807) is 49.6 Å². The molecule has 0 aliphatic heterocycles. The Morgan fingerprint density at radius 1 is 1.00 bits per heavy atom. The van der Waals surface area contributed by atoms with E-state index in [9.17, 15) is 14.4 Å². The van der Waals surface area contributed by atoms with Crippen molar-refractivity contribution in [1.29, 1.82) is 0 Å². The Kier molecular flexibility index (Phi) is 7.88. The third kappa shape index (κ3) is 5.54. The minimum absolute atomic E-state index is 0.00427. The van der Waals surface area contributed by atoms with Crippen LogP contribution in [0.4, 0.5) is 0 Å². The summed E-state index contributed by atoms with van der Waals surface area (Å²) in [5, 5.41) is 7.75. The standard InChI is InChI=1S/C25H29N3O6/c1-15(2)14-28-24(30)19-9-7-6-8-18(19)22(27-28)25(31)34-16(3)23(29)26-13-17-10-11-20(32-4)21(12-17)33-5/h6-12,15-16H,13-14H2,1-5H3,(H,26,29). The van der Waals surface area contributed by atoms with Crippen LogP contribution in [-0.2, 0) is 22.6 Å². The van der Waals surface area contributed by atoms with E-state index in [4.69, 9.17) is 14.2 Å². The Hall–Kier alpha value is -3.88. The number of ether oxygens (including phenoxy) is 3. The fourth-order valence-electron chi connectivity index (χ4n) is 3.45. The van der Waals surface area contributed by atoms with Crippen LogP contribution in [0.5, 0.6) is 11.5 Å². The fraction of sp³-hybridized carbons (Fsp3) is 0.360. The van der Waals surface area contributed by atoms with E-state index < -0.39 is 18.0 Å². The predicted octanol–water partition coefficient (Wildman–Crippen LogP) is 2.93. The van der Waals surface area contributed by atoms with Gasteiger partial charge in [0.1, 0.15) is 0 Å². The monoisotopic (exact) mass is 467 g/mol. The largest absolute Gasteiger partial charge is 0.493 e. The fourth-order valence-corrected chi connectivity index (χ4v) is 3.45. The van der Waals surface area contributed by atoms with Crippen molar-refractivity contribution in [3.63, 3.8) is 0 Å². The van der Waals surface area contributed by atoms with Gasteiger partial charge in [-0.15, -0.1) is 0 Å². The molecule has 9 nitrogen and oxygen atoms in total. The molecule has 1 N–H and O–H groups in total. The lowest BCUT2D eigenvalue weighted by Gasteiger charge is -2.16. The van der Waals surface area contributed by atoms with Crippen molar-refractivity contribution in [2.75, 3.05) is 14.2 Å². The first-order chi connectivity index (χ1) is 16.2. The van der Waals surface area contributed by atoms with Crippen molar-refractivity contribution < 1.29 is 23.8 Å². The summed E-state index contributed by atoms with van der Waals surface area (Å²) in [7, 11) is 3.08. The maximum atomic E-state index is 12.9. The molecule has 1 aromatic heterocycles. The van der Waals surface area contributed by atoms with E-state index in [1.807, 2.05) is 13.8 Å². The van der Waals surface area contributed by atoms with E-state index in [0.717, 1.165) is 5.56 Å². The molecule has 3 rings (SSSR count). The summed E-state index contributed by atoms with van der Waals surface area (Å²) in [6.07, 6.45) is -1.07. The molecule has 0 fully saturated rings. The molecule has 0 aliphatic carbocycles. The lowest BCUT2D eigenvalue weighted by Crippen LogP contribution is -2.36. The van der Waals surface area contributed by atoms with Gasteiger partial charge in [-0.05, 0) is 36.6 Å². The molecular formula is C25H29N3O6. The first-order valence-corrected chi connectivity index (χ1v) is 10.9. The van der Waals surface area contributed by atoms with Crippen LogP contribution in [0.2, 0.25) is 0 Å². The number of aromatic nitrogens is 2. The molecule has 0 bridgehead atoms. The number of nitrogens with zero attached hydrogens (tertiary/aromatic N) is 2. The summed E-state index contributed by atoms with van der Waals surface area (Å²) in [6, 6.07) is 12.0. The zero-order chi connectivity index (χ0) is 24.8. The van der Waals surface area contributed by atoms with Crippen LogP contribution >= 0.6 is 0 Å². The number of rotatable bonds is 9. The second-order valence-electron chi connectivity index (χ2n) is 8.23. The molecule has 2 aromatic carbocycles. The number of carbonyl (C=O) groups is 2. The highest BCUT2D eigenvalue weighted by atomic mass is 16.5. The van der Waals surface area contributed by atoms with Gasteiger partial charge in [0.05, 0.1) is 19.6 Å². The van der Waals surface area contributed by atoms with Gasteiger partial charge >= 0.3 is 5.97 Å². The van der Waals surface area contributed by atoms with Crippen molar-refractivity contribution in [2.24, 2.45) is 5.92 Å². The molecule has 0 saturated carbocycles. The van der Waals surface area contributed by atoms with Crippen LogP contribution in [0.25, 0.3) is 10.8 Å². The number of hydrogen-bond donors (Lipinski definition) is 1. The molecule has 180 valence electrons. The zero-order valence-corrected chi connectivity index (χ0v) is 20.0. The highest BCUT2D eigenvalue weighted by Crippen LogP contribution is 2.27. The van der Waals surface area contributed by atoms with Crippen LogP contribution in [0.3, 0.4) is 0 Å². The summed E-state index contributed by atoms with van der Waals surface area (Å²) < 4.78 is 17.2. The second kappa shape index (κ2) is 10.8. The highest BCUT2D eigenvalue weighted by molar-refractivity contribution is 6.02. The number of nitrogens with one attached hydrogen (secondary N) is 1. The number of fused-ring (bicyclic) bond motifs is 1. The summed E-state index contributed by atoms with van der Waals surface area (Å²) in [6.45, 7) is 5.94. The summed E-state index contributed by atoms with van der Waals surface area (Å²) in [4.78, 5) is 38.3. The van der Waals surface area contributed by atoms with Crippen molar-refractivity contribution in [2.45, 2.75) is 40.0 Å². The van der Waals surface area contributed by atoms with Crippen molar-refractivity contribution in [3.05, 3.63) is 64.1 Å². The lowest BCUT2D eigenvalue weighted by atomic mass is 10.1. The number of esters is 1. The maximum absolute atomic E-state index is 12.9. The molecule has 1 heterocycles. The van der Waals surface area contributed by atoms with Crippen LogP contribution < -0.4 is 20.3 Å². The molecule has 1 unspecified atom stereocenters. The molecule has 0 aliphatic rings. The van der Waals surface area contributed by atoms with E-state index in [-0.39, 0.29) is 23.7 Å². The van der Waals surface area contributed by atoms with Gasteiger partial charge in [0, 0.05) is 18.5 Å². The van der Waals surface area contributed by atoms with Gasteiger partial charge in [-0.1, -0.05) is 38.1 Å². The quantitative estimate of drug-likeness (QED) is 0.482. The molecule has 34 heavy (non-hydrogen) atoms. The van der Waals surface area contributed by atoms with E-state index in [2.05, 4.69) is 10.4 Å². The predicted molar refractivity (Wildman–Crippen MR) is 127 cm³/mol.